The zero-order chi connectivity index (χ0) is 13.9. The van der Waals surface area contributed by atoms with Gasteiger partial charge >= 0.3 is 0 Å². The topological polar surface area (TPSA) is 25.4 Å². The van der Waals surface area contributed by atoms with Crippen molar-refractivity contribution in [2.24, 2.45) is 0 Å². The number of nitrogens with zero attached hydrogens (tertiary/aromatic N) is 2. The molecule has 2 heterocycles. The summed E-state index contributed by atoms with van der Waals surface area (Å²) in [5.41, 5.74) is 3.54. The Morgan fingerprint density at radius 3 is 3.10 bits per heavy atom. The number of aromatic nitrogens is 1. The van der Waals surface area contributed by atoms with Crippen molar-refractivity contribution in [2.75, 3.05) is 25.1 Å². The molecule has 0 spiro atoms. The second-order valence-corrected chi connectivity index (χ2v) is 5.94. The van der Waals surface area contributed by atoms with Crippen LogP contribution in [0.2, 0.25) is 0 Å². The molecule has 0 radical (unpaired) electrons. The van der Waals surface area contributed by atoms with Gasteiger partial charge in [-0.3, -0.25) is 9.88 Å². The fourth-order valence-corrected chi connectivity index (χ4v) is 3.38. The van der Waals surface area contributed by atoms with E-state index in [9.17, 15) is 0 Å². The molecular weight excluding hydrogens is 316 g/mol. The summed E-state index contributed by atoms with van der Waals surface area (Å²) < 4.78 is 5.57. The van der Waals surface area contributed by atoms with Crippen molar-refractivity contribution in [1.29, 1.82) is 0 Å². The largest absolute Gasteiger partial charge is 0.378 e. The van der Waals surface area contributed by atoms with Gasteiger partial charge in [-0.15, -0.1) is 0 Å². The molecule has 106 valence electrons. The Kier molecular flexibility index (Phi) is 4.34. The number of fused-ring (bicyclic) bond motifs is 1. The first kappa shape index (κ1) is 14.0. The van der Waals surface area contributed by atoms with Gasteiger partial charge in [0.1, 0.15) is 0 Å². The maximum Gasteiger partial charge on any atom is 0.0708 e. The quantitative estimate of drug-likeness (QED) is 0.806. The van der Waals surface area contributed by atoms with E-state index in [0.29, 0.717) is 6.04 Å². The maximum absolute atomic E-state index is 5.57. The molecular formula is C16H19BrN2O. The molecule has 3 rings (SSSR count). The second-order valence-electron chi connectivity index (χ2n) is 5.29. The molecule has 1 aliphatic heterocycles. The monoisotopic (exact) mass is 334 g/mol. The summed E-state index contributed by atoms with van der Waals surface area (Å²) in [6.07, 6.45) is 0. The Morgan fingerprint density at radius 1 is 1.40 bits per heavy atom. The van der Waals surface area contributed by atoms with E-state index >= 15 is 0 Å². The standard InChI is InChI=1S/C16H19BrN2O/c1-12-8-13(15-4-2-3-5-16(15)18-12)10-19-6-7-20-11-14(19)9-17/h2-5,8,14H,6-7,9-11H2,1H3. The average Bonchev–Trinajstić information content (AvgIpc) is 2.47. The van der Waals surface area contributed by atoms with Gasteiger partial charge < -0.3 is 4.74 Å². The lowest BCUT2D eigenvalue weighted by Crippen LogP contribution is -2.45. The van der Waals surface area contributed by atoms with Gasteiger partial charge in [-0.1, -0.05) is 34.1 Å². The summed E-state index contributed by atoms with van der Waals surface area (Å²) in [5, 5.41) is 2.22. The van der Waals surface area contributed by atoms with E-state index in [1.165, 1.54) is 10.9 Å². The minimum Gasteiger partial charge on any atom is -0.378 e. The number of halogens is 1. The zero-order valence-electron chi connectivity index (χ0n) is 11.7. The van der Waals surface area contributed by atoms with Crippen LogP contribution in [0.4, 0.5) is 0 Å². The van der Waals surface area contributed by atoms with Crippen molar-refractivity contribution < 1.29 is 4.74 Å². The smallest absolute Gasteiger partial charge is 0.0708 e. The minimum atomic E-state index is 0.455. The van der Waals surface area contributed by atoms with Gasteiger partial charge in [0.15, 0.2) is 0 Å². The Hall–Kier alpha value is -0.970. The SMILES string of the molecule is Cc1cc(CN2CCOCC2CBr)c2ccccc2n1. The first-order valence-corrected chi connectivity index (χ1v) is 8.13. The first-order chi connectivity index (χ1) is 9.78. The summed E-state index contributed by atoms with van der Waals surface area (Å²) >= 11 is 3.59. The Bertz CT molecular complexity index is 602. The number of rotatable bonds is 3. The summed E-state index contributed by atoms with van der Waals surface area (Å²) in [5.74, 6) is 0. The number of aryl methyl sites for hydroxylation is 1. The predicted molar refractivity (Wildman–Crippen MR) is 85.3 cm³/mol. The molecule has 4 heteroatoms. The number of hydrogen-bond acceptors (Lipinski definition) is 3. The summed E-state index contributed by atoms with van der Waals surface area (Å²) in [6.45, 7) is 5.66. The Labute approximate surface area is 128 Å². The number of hydrogen-bond donors (Lipinski definition) is 0. The molecule has 2 aromatic rings. The van der Waals surface area contributed by atoms with Crippen LogP contribution >= 0.6 is 15.9 Å². The van der Waals surface area contributed by atoms with Crippen LogP contribution in [0.1, 0.15) is 11.3 Å². The number of para-hydroxylation sites is 1. The summed E-state index contributed by atoms with van der Waals surface area (Å²) in [7, 11) is 0. The van der Waals surface area contributed by atoms with Crippen molar-refractivity contribution in [2.45, 2.75) is 19.5 Å². The van der Waals surface area contributed by atoms with Gasteiger partial charge in [0, 0.05) is 35.5 Å². The van der Waals surface area contributed by atoms with Crippen LogP contribution in [0.5, 0.6) is 0 Å². The predicted octanol–water partition coefficient (Wildman–Crippen LogP) is 3.14. The van der Waals surface area contributed by atoms with Crippen molar-refractivity contribution in [3.05, 3.63) is 41.6 Å². The lowest BCUT2D eigenvalue weighted by atomic mass is 10.1. The Balaban J connectivity index is 1.93. The van der Waals surface area contributed by atoms with Gasteiger partial charge in [-0.2, -0.15) is 0 Å². The van der Waals surface area contributed by atoms with Crippen molar-refractivity contribution in [3.8, 4) is 0 Å². The molecule has 0 saturated carbocycles. The minimum absolute atomic E-state index is 0.455. The van der Waals surface area contributed by atoms with Crippen LogP contribution in [0, 0.1) is 6.92 Å². The van der Waals surface area contributed by atoms with Crippen molar-refractivity contribution >= 4 is 26.8 Å². The van der Waals surface area contributed by atoms with Gasteiger partial charge in [-0.05, 0) is 24.6 Å². The van der Waals surface area contributed by atoms with Crippen molar-refractivity contribution in [3.63, 3.8) is 0 Å². The average molecular weight is 335 g/mol. The van der Waals surface area contributed by atoms with E-state index in [4.69, 9.17) is 4.74 Å². The van der Waals surface area contributed by atoms with Crippen LogP contribution in [0.25, 0.3) is 10.9 Å². The molecule has 1 unspecified atom stereocenters. The third-order valence-electron chi connectivity index (χ3n) is 3.83. The fourth-order valence-electron chi connectivity index (χ4n) is 2.78. The van der Waals surface area contributed by atoms with Crippen LogP contribution in [0.15, 0.2) is 30.3 Å². The molecule has 1 fully saturated rings. The molecule has 1 aromatic heterocycles. The first-order valence-electron chi connectivity index (χ1n) is 7.01. The lowest BCUT2D eigenvalue weighted by molar-refractivity contribution is -0.00195. The molecule has 1 aromatic carbocycles. The van der Waals surface area contributed by atoms with E-state index in [1.54, 1.807) is 0 Å². The van der Waals surface area contributed by atoms with E-state index in [2.05, 4.69) is 63.1 Å². The van der Waals surface area contributed by atoms with Gasteiger partial charge in [0.05, 0.1) is 18.7 Å². The molecule has 0 amide bonds. The molecule has 1 saturated heterocycles. The molecule has 20 heavy (non-hydrogen) atoms. The van der Waals surface area contributed by atoms with Gasteiger partial charge in [-0.25, -0.2) is 0 Å². The van der Waals surface area contributed by atoms with Crippen LogP contribution in [-0.2, 0) is 11.3 Å². The third-order valence-corrected chi connectivity index (χ3v) is 4.58. The van der Waals surface area contributed by atoms with Crippen LogP contribution < -0.4 is 0 Å². The normalized spacial score (nSPS) is 20.4. The number of benzene rings is 1. The highest BCUT2D eigenvalue weighted by Gasteiger charge is 2.22. The third kappa shape index (κ3) is 2.87. The van der Waals surface area contributed by atoms with E-state index < -0.39 is 0 Å². The Morgan fingerprint density at radius 2 is 2.25 bits per heavy atom. The van der Waals surface area contributed by atoms with E-state index in [0.717, 1.165) is 42.8 Å². The second kappa shape index (κ2) is 6.20. The molecule has 3 nitrogen and oxygen atoms in total. The number of alkyl halides is 1. The molecule has 0 N–H and O–H groups in total. The van der Waals surface area contributed by atoms with Gasteiger partial charge in [0.2, 0.25) is 0 Å². The fraction of sp³-hybridized carbons (Fsp3) is 0.438. The van der Waals surface area contributed by atoms with Crippen LogP contribution in [-0.4, -0.2) is 41.0 Å². The van der Waals surface area contributed by atoms with E-state index in [1.807, 2.05) is 0 Å². The van der Waals surface area contributed by atoms with Crippen molar-refractivity contribution in [1.82, 2.24) is 9.88 Å². The molecule has 0 bridgehead atoms. The highest BCUT2D eigenvalue weighted by Crippen LogP contribution is 2.22. The van der Waals surface area contributed by atoms with Gasteiger partial charge in [0.25, 0.3) is 0 Å². The van der Waals surface area contributed by atoms with E-state index in [-0.39, 0.29) is 0 Å². The molecule has 1 atom stereocenters. The number of ether oxygens (including phenoxy) is 1. The highest BCUT2D eigenvalue weighted by molar-refractivity contribution is 9.09. The summed E-state index contributed by atoms with van der Waals surface area (Å²) in [6, 6.07) is 11.1. The maximum atomic E-state index is 5.57. The number of morpholine rings is 1. The number of pyridine rings is 1. The molecule has 1 aliphatic rings. The van der Waals surface area contributed by atoms with Crippen LogP contribution in [0.3, 0.4) is 0 Å². The zero-order valence-corrected chi connectivity index (χ0v) is 13.3. The molecule has 0 aliphatic carbocycles. The lowest BCUT2D eigenvalue weighted by Gasteiger charge is -2.34. The highest BCUT2D eigenvalue weighted by atomic mass is 79.9. The summed E-state index contributed by atoms with van der Waals surface area (Å²) in [4.78, 5) is 7.12.